The van der Waals surface area contributed by atoms with Crippen molar-refractivity contribution in [3.8, 4) is 5.75 Å². The van der Waals surface area contributed by atoms with Crippen molar-refractivity contribution in [1.82, 2.24) is 4.98 Å². The topological polar surface area (TPSA) is 75.4 Å². The lowest BCUT2D eigenvalue weighted by Crippen LogP contribution is -2.12. The number of nitrogens with one attached hydrogen (secondary N) is 1. The summed E-state index contributed by atoms with van der Waals surface area (Å²) in [5.41, 5.74) is 0.826. The highest BCUT2D eigenvalue weighted by Gasteiger charge is 2.15. The molecule has 2 N–H and O–H groups in total. The Labute approximate surface area is 112 Å². The molecule has 0 saturated carbocycles. The van der Waals surface area contributed by atoms with Gasteiger partial charge in [-0.1, -0.05) is 23.2 Å². The minimum absolute atomic E-state index is 0.0482. The van der Waals surface area contributed by atoms with Crippen molar-refractivity contribution in [2.45, 2.75) is 6.92 Å². The molecule has 0 saturated heterocycles. The van der Waals surface area contributed by atoms with Gasteiger partial charge in [0.05, 0.1) is 15.7 Å². The number of phenolic OH excluding ortho intramolecular Hbond substituents is 1. The molecule has 0 unspecified atom stereocenters. The monoisotopic (exact) mass is 286 g/mol. The Morgan fingerprint density at radius 1 is 1.39 bits per heavy atom. The number of benzene rings is 1. The van der Waals surface area contributed by atoms with E-state index in [0.29, 0.717) is 11.4 Å². The maximum atomic E-state index is 11.8. The van der Waals surface area contributed by atoms with Crippen LogP contribution < -0.4 is 5.32 Å². The standard InChI is InChI=1S/C11H8Cl2N2O3/c1-5-10(18-4-14-5)11(17)15-6-2-7(12)9(16)8(13)3-6/h2-4,16H,1H3,(H,15,17). The number of aryl methyl sites for hydroxylation is 1. The summed E-state index contributed by atoms with van der Waals surface area (Å²) in [6.45, 7) is 1.65. The van der Waals surface area contributed by atoms with Crippen LogP contribution in [-0.4, -0.2) is 16.0 Å². The van der Waals surface area contributed by atoms with Gasteiger partial charge >= 0.3 is 0 Å². The molecule has 18 heavy (non-hydrogen) atoms. The predicted octanol–water partition coefficient (Wildman–Crippen LogP) is 3.25. The quantitative estimate of drug-likeness (QED) is 0.831. The lowest BCUT2D eigenvalue weighted by molar-refractivity contribution is 0.0996. The van der Waals surface area contributed by atoms with Gasteiger partial charge in [0, 0.05) is 5.69 Å². The van der Waals surface area contributed by atoms with Crippen molar-refractivity contribution in [3.05, 3.63) is 40.0 Å². The van der Waals surface area contributed by atoms with Crippen LogP contribution in [0.3, 0.4) is 0 Å². The Morgan fingerprint density at radius 2 is 2.00 bits per heavy atom. The molecule has 1 heterocycles. The highest BCUT2D eigenvalue weighted by Crippen LogP contribution is 2.34. The molecule has 1 aromatic heterocycles. The summed E-state index contributed by atoms with van der Waals surface area (Å²) in [5, 5.41) is 12.0. The average molecular weight is 287 g/mol. The van der Waals surface area contributed by atoms with E-state index in [-0.39, 0.29) is 21.6 Å². The highest BCUT2D eigenvalue weighted by atomic mass is 35.5. The van der Waals surface area contributed by atoms with Crippen LogP contribution in [0.1, 0.15) is 16.2 Å². The molecule has 0 spiro atoms. The third kappa shape index (κ3) is 2.42. The summed E-state index contributed by atoms with van der Waals surface area (Å²) in [6, 6.07) is 2.76. The van der Waals surface area contributed by atoms with Crippen LogP contribution in [0.25, 0.3) is 0 Å². The zero-order valence-corrected chi connectivity index (χ0v) is 10.7. The van der Waals surface area contributed by atoms with Crippen LogP contribution in [0.15, 0.2) is 22.9 Å². The Kier molecular flexibility index (Phi) is 3.45. The number of hydrogen-bond acceptors (Lipinski definition) is 4. The molecule has 0 radical (unpaired) electrons. The molecule has 0 fully saturated rings. The summed E-state index contributed by atoms with van der Waals surface area (Å²) in [7, 11) is 0. The normalized spacial score (nSPS) is 10.4. The van der Waals surface area contributed by atoms with E-state index in [4.69, 9.17) is 27.6 Å². The van der Waals surface area contributed by atoms with Crippen LogP contribution >= 0.6 is 23.2 Å². The van der Waals surface area contributed by atoms with E-state index >= 15 is 0 Å². The van der Waals surface area contributed by atoms with Crippen LogP contribution in [0.5, 0.6) is 5.75 Å². The molecule has 94 valence electrons. The van der Waals surface area contributed by atoms with Gasteiger partial charge in [0.15, 0.2) is 12.1 Å². The first-order chi connectivity index (χ1) is 8.49. The van der Waals surface area contributed by atoms with Gasteiger partial charge in [0.1, 0.15) is 0 Å². The molecule has 2 aromatic rings. The summed E-state index contributed by atoms with van der Waals surface area (Å²) >= 11 is 11.5. The van der Waals surface area contributed by atoms with Crippen LogP contribution in [-0.2, 0) is 0 Å². The molecule has 1 amide bonds. The fraction of sp³-hybridized carbons (Fsp3) is 0.0909. The van der Waals surface area contributed by atoms with Crippen LogP contribution in [0.2, 0.25) is 10.0 Å². The van der Waals surface area contributed by atoms with E-state index in [2.05, 4.69) is 10.3 Å². The number of aromatic hydroxyl groups is 1. The van der Waals surface area contributed by atoms with E-state index < -0.39 is 5.91 Å². The highest BCUT2D eigenvalue weighted by molar-refractivity contribution is 6.37. The second-order valence-corrected chi connectivity index (χ2v) is 4.32. The van der Waals surface area contributed by atoms with Crippen molar-refractivity contribution in [2.75, 3.05) is 5.32 Å². The fourth-order valence-electron chi connectivity index (χ4n) is 1.35. The van der Waals surface area contributed by atoms with E-state index in [9.17, 15) is 9.90 Å². The summed E-state index contributed by atoms with van der Waals surface area (Å²) < 4.78 is 4.94. The average Bonchev–Trinajstić information content (AvgIpc) is 2.72. The maximum Gasteiger partial charge on any atom is 0.293 e. The fourth-order valence-corrected chi connectivity index (χ4v) is 1.83. The zero-order valence-electron chi connectivity index (χ0n) is 9.20. The summed E-state index contributed by atoms with van der Waals surface area (Å²) in [4.78, 5) is 15.6. The second kappa shape index (κ2) is 4.88. The Hall–Kier alpha value is -1.72. The maximum absolute atomic E-state index is 11.8. The van der Waals surface area contributed by atoms with E-state index in [1.54, 1.807) is 6.92 Å². The molecule has 0 aliphatic rings. The number of oxazole rings is 1. The number of rotatable bonds is 2. The Bertz CT molecular complexity index is 587. The smallest absolute Gasteiger partial charge is 0.293 e. The van der Waals surface area contributed by atoms with Crippen molar-refractivity contribution in [1.29, 1.82) is 0 Å². The molecule has 5 nitrogen and oxygen atoms in total. The largest absolute Gasteiger partial charge is 0.505 e. The van der Waals surface area contributed by atoms with E-state index in [0.717, 1.165) is 0 Å². The molecule has 0 atom stereocenters. The Balaban J connectivity index is 2.25. The van der Waals surface area contributed by atoms with Crippen molar-refractivity contribution in [2.24, 2.45) is 0 Å². The molecule has 0 aliphatic heterocycles. The first-order valence-corrected chi connectivity index (χ1v) is 5.64. The van der Waals surface area contributed by atoms with E-state index in [1.807, 2.05) is 0 Å². The molecular formula is C11H8Cl2N2O3. The summed E-state index contributed by atoms with van der Waals surface area (Å²) in [5.74, 6) is -0.592. The van der Waals surface area contributed by atoms with Gasteiger partial charge < -0.3 is 14.8 Å². The number of halogens is 2. The van der Waals surface area contributed by atoms with E-state index in [1.165, 1.54) is 18.5 Å². The number of carbonyl (C=O) groups excluding carboxylic acids is 1. The van der Waals surface area contributed by atoms with Gasteiger partial charge in [-0.15, -0.1) is 0 Å². The van der Waals surface area contributed by atoms with Gasteiger partial charge in [0.25, 0.3) is 5.91 Å². The minimum Gasteiger partial charge on any atom is -0.505 e. The van der Waals surface area contributed by atoms with Gasteiger partial charge in [0.2, 0.25) is 5.76 Å². The first kappa shape index (κ1) is 12.7. The van der Waals surface area contributed by atoms with Gasteiger partial charge in [-0.3, -0.25) is 4.79 Å². The number of amides is 1. The van der Waals surface area contributed by atoms with Crippen molar-refractivity contribution >= 4 is 34.8 Å². The van der Waals surface area contributed by atoms with Gasteiger partial charge in [-0.05, 0) is 19.1 Å². The van der Waals surface area contributed by atoms with Gasteiger partial charge in [-0.25, -0.2) is 4.98 Å². The number of phenols is 1. The number of nitrogens with zero attached hydrogens (tertiary/aromatic N) is 1. The number of hydrogen-bond donors (Lipinski definition) is 2. The molecule has 0 bridgehead atoms. The third-order valence-corrected chi connectivity index (χ3v) is 2.80. The predicted molar refractivity (Wildman–Crippen MR) is 67.3 cm³/mol. The number of aromatic nitrogens is 1. The third-order valence-electron chi connectivity index (χ3n) is 2.23. The molecule has 7 heteroatoms. The lowest BCUT2D eigenvalue weighted by atomic mass is 10.2. The van der Waals surface area contributed by atoms with Gasteiger partial charge in [-0.2, -0.15) is 0 Å². The second-order valence-electron chi connectivity index (χ2n) is 3.51. The number of carbonyl (C=O) groups is 1. The SMILES string of the molecule is Cc1ncoc1C(=O)Nc1cc(Cl)c(O)c(Cl)c1. The van der Waals surface area contributed by atoms with Crippen molar-refractivity contribution < 1.29 is 14.3 Å². The Morgan fingerprint density at radius 3 is 2.50 bits per heavy atom. The summed E-state index contributed by atoms with van der Waals surface area (Å²) in [6.07, 6.45) is 1.18. The number of anilines is 1. The minimum atomic E-state index is -0.470. The zero-order chi connectivity index (χ0) is 13.3. The van der Waals surface area contributed by atoms with Crippen LogP contribution in [0, 0.1) is 6.92 Å². The first-order valence-electron chi connectivity index (χ1n) is 4.88. The lowest BCUT2D eigenvalue weighted by Gasteiger charge is -2.06. The molecular weight excluding hydrogens is 279 g/mol. The molecule has 0 aliphatic carbocycles. The van der Waals surface area contributed by atoms with Crippen LogP contribution in [0.4, 0.5) is 5.69 Å². The molecule has 2 rings (SSSR count). The van der Waals surface area contributed by atoms with Crippen molar-refractivity contribution in [3.63, 3.8) is 0 Å². The molecule has 1 aromatic carbocycles.